The third-order valence-electron chi connectivity index (χ3n) is 6.62. The van der Waals surface area contributed by atoms with Gasteiger partial charge in [0.1, 0.15) is 23.1 Å². The second-order valence-electron chi connectivity index (χ2n) is 10.9. The van der Waals surface area contributed by atoms with Crippen molar-refractivity contribution in [2.45, 2.75) is 27.7 Å². The summed E-state index contributed by atoms with van der Waals surface area (Å²) in [7, 11) is 0. The second kappa shape index (κ2) is 23.0. The van der Waals surface area contributed by atoms with Crippen molar-refractivity contribution in [3.8, 4) is 0 Å². The van der Waals surface area contributed by atoms with Gasteiger partial charge >= 0.3 is 0 Å². The molecule has 4 fully saturated rings. The SMILES string of the molecule is CC(=O)[13CH2][15N]1CC[15NH]CC1.CC(=[18O])[13CH2]N1CCNCC1.C[13C](=O)C[15N]1CC[15NH]CC1.C[13C](=[18O])CN1CCNCC1. The quantitative estimate of drug-likeness (QED) is 0.143. The first-order valence-corrected chi connectivity index (χ1v) is 14.9. The highest BCUT2D eigenvalue weighted by molar-refractivity contribution is 5.78. The van der Waals surface area contributed by atoms with E-state index in [0.29, 0.717) is 26.2 Å². The fourth-order valence-corrected chi connectivity index (χ4v) is 4.74. The lowest BCUT2D eigenvalue weighted by Crippen LogP contribution is -2.45. The summed E-state index contributed by atoms with van der Waals surface area (Å²) in [4.78, 5) is 51.3. The first kappa shape index (κ1) is 36.4. The molecule has 4 saturated heterocycles. The van der Waals surface area contributed by atoms with E-state index in [0.717, 1.165) is 105 Å². The predicted molar refractivity (Wildman–Crippen MR) is 160 cm³/mol. The smallest absolute Gasteiger partial charge is 0.143 e. The zero-order valence-corrected chi connectivity index (χ0v) is 25.6. The zero-order valence-electron chi connectivity index (χ0n) is 25.6. The number of carbonyl (C=O) groups excluding carboxylic acids is 4. The minimum absolute atomic E-state index is 0.266. The van der Waals surface area contributed by atoms with Gasteiger partial charge in [-0.25, -0.2) is 0 Å². The molecule has 4 aliphatic rings. The van der Waals surface area contributed by atoms with E-state index in [9.17, 15) is 19.2 Å². The van der Waals surface area contributed by atoms with Crippen molar-refractivity contribution >= 4 is 23.1 Å². The molecule has 0 bridgehead atoms. The first-order valence-electron chi connectivity index (χ1n) is 14.9. The van der Waals surface area contributed by atoms with Crippen LogP contribution >= 0.6 is 0 Å². The normalized spacial score (nSPS) is 20.9. The van der Waals surface area contributed by atoms with Gasteiger partial charge < -0.3 is 21.3 Å². The molecule has 0 amide bonds. The zero-order chi connectivity index (χ0) is 29.6. The van der Waals surface area contributed by atoms with Crippen molar-refractivity contribution in [1.29, 1.82) is 0 Å². The Bertz CT molecular complexity index is 595. The van der Waals surface area contributed by atoms with Crippen molar-refractivity contribution in [3.63, 3.8) is 0 Å². The standard InChI is InChI=1S/4C7H14N2O/c4*1-7(10)6-9-4-2-8-3-5-9/h4*8H,2-6H2,1H3/i7+1,8+1,9+1;6+1,8+1,9+1;7+1,10+2;6+1,10+2. The Balaban J connectivity index is 0.000000267. The molecule has 12 heteroatoms. The van der Waals surface area contributed by atoms with Gasteiger partial charge in [-0.15, -0.1) is 0 Å². The summed E-state index contributed by atoms with van der Waals surface area (Å²) in [6.45, 7) is 25.3. The minimum atomic E-state index is 0.266. The van der Waals surface area contributed by atoms with E-state index in [4.69, 9.17) is 0 Å². The maximum atomic E-state index is 10.6. The first-order chi connectivity index (χ1) is 19.2. The molecule has 12 nitrogen and oxygen atoms in total. The minimum Gasteiger partial charge on any atom is -0.314 e. The van der Waals surface area contributed by atoms with Crippen LogP contribution in [0.4, 0.5) is 0 Å². The molecule has 0 saturated carbocycles. The van der Waals surface area contributed by atoms with Crippen LogP contribution in [0.2, 0.25) is 0 Å². The van der Waals surface area contributed by atoms with E-state index in [-0.39, 0.29) is 23.1 Å². The highest BCUT2D eigenvalue weighted by atomic mass is 18.1. The van der Waals surface area contributed by atoms with Gasteiger partial charge in [0.05, 0.1) is 26.2 Å². The number of hydrogen-bond donors (Lipinski definition) is 4. The van der Waals surface area contributed by atoms with Crippen molar-refractivity contribution in [2.24, 2.45) is 0 Å². The molecule has 0 aromatic carbocycles. The van der Waals surface area contributed by atoms with Gasteiger partial charge in [0.15, 0.2) is 0 Å². The van der Waals surface area contributed by atoms with E-state index < -0.39 is 0 Å². The van der Waals surface area contributed by atoms with Crippen LogP contribution in [-0.4, -0.2) is 174 Å². The number of nitrogens with zero attached hydrogens (tertiary/aromatic N) is 4. The molecule has 40 heavy (non-hydrogen) atoms. The molecule has 0 aliphatic carbocycles. The number of Topliss-reactive ketones (excluding diaryl/α,β-unsaturated/α-hetero) is 4. The van der Waals surface area contributed by atoms with Crippen LogP contribution in [0, 0.1) is 0 Å². The second-order valence-corrected chi connectivity index (χ2v) is 10.9. The third-order valence-corrected chi connectivity index (χ3v) is 6.62. The fourth-order valence-electron chi connectivity index (χ4n) is 4.74. The maximum absolute atomic E-state index is 10.6. The third kappa shape index (κ3) is 21.2. The van der Waals surface area contributed by atoms with Crippen molar-refractivity contribution in [2.75, 3.05) is 131 Å². The molecular weight excluding hydrogens is 524 g/mol. The molecule has 0 aromatic heterocycles. The summed E-state index contributed by atoms with van der Waals surface area (Å²) < 4.78 is 0. The molecular formula is C28H56N8O4. The van der Waals surface area contributed by atoms with Gasteiger partial charge in [-0.2, -0.15) is 0 Å². The molecule has 4 rings (SSSR count). The van der Waals surface area contributed by atoms with Crippen LogP contribution in [0.15, 0.2) is 0 Å². The molecule has 0 atom stereocenters. The topological polar surface area (TPSA) is 129 Å². The highest BCUT2D eigenvalue weighted by Gasteiger charge is 2.12. The van der Waals surface area contributed by atoms with Gasteiger partial charge in [0.2, 0.25) is 0 Å². The average molecular weight is 581 g/mol. The lowest BCUT2D eigenvalue weighted by atomic mass is 10.4. The Morgan fingerprint density at radius 1 is 0.450 bits per heavy atom. The Morgan fingerprint density at radius 3 is 0.825 bits per heavy atom. The monoisotopic (exact) mass is 580 g/mol. The Morgan fingerprint density at radius 2 is 0.650 bits per heavy atom. The van der Waals surface area contributed by atoms with Crippen LogP contribution in [0.25, 0.3) is 0 Å². The summed E-state index contributed by atoms with van der Waals surface area (Å²) in [5.41, 5.74) is 0. The number of carbonyl (C=O) groups is 4. The fraction of sp³-hybridized carbons (Fsp3) is 0.857. The number of rotatable bonds is 8. The van der Waals surface area contributed by atoms with Gasteiger partial charge in [-0.1, -0.05) is 0 Å². The van der Waals surface area contributed by atoms with Crippen LogP contribution in [-0.2, 0) is 19.2 Å². The van der Waals surface area contributed by atoms with Crippen LogP contribution in [0.5, 0.6) is 0 Å². The van der Waals surface area contributed by atoms with Gasteiger partial charge in [-0.3, -0.25) is 38.8 Å². The molecule has 0 spiro atoms. The lowest BCUT2D eigenvalue weighted by molar-refractivity contribution is -0.119. The predicted octanol–water partition coefficient (Wildman–Crippen LogP) is -2.08. The van der Waals surface area contributed by atoms with E-state index in [1.54, 1.807) is 27.7 Å². The average Bonchev–Trinajstić information content (AvgIpc) is 2.91. The molecule has 0 aromatic rings. The summed E-state index contributed by atoms with van der Waals surface area (Å²) in [6, 6.07) is 0. The number of hydrogen-bond acceptors (Lipinski definition) is 12. The van der Waals surface area contributed by atoms with Crippen molar-refractivity contribution in [3.05, 3.63) is 0 Å². The largest absolute Gasteiger partial charge is 0.314 e. The van der Waals surface area contributed by atoms with E-state index in [1.807, 2.05) is 0 Å². The van der Waals surface area contributed by atoms with Crippen LogP contribution in [0.3, 0.4) is 0 Å². The summed E-state index contributed by atoms with van der Waals surface area (Å²) >= 11 is 0. The van der Waals surface area contributed by atoms with Gasteiger partial charge in [0.25, 0.3) is 0 Å². The van der Waals surface area contributed by atoms with Crippen molar-refractivity contribution in [1.82, 2.24) is 40.9 Å². The highest BCUT2D eigenvalue weighted by Crippen LogP contribution is 1.93. The molecule has 4 heterocycles. The molecule has 4 N–H and O–H groups in total. The van der Waals surface area contributed by atoms with Gasteiger partial charge in [0, 0.05) is 105 Å². The molecule has 0 unspecified atom stereocenters. The van der Waals surface area contributed by atoms with E-state index in [2.05, 4.69) is 40.9 Å². The van der Waals surface area contributed by atoms with E-state index >= 15 is 0 Å². The van der Waals surface area contributed by atoms with Crippen molar-refractivity contribution < 1.29 is 19.2 Å². The van der Waals surface area contributed by atoms with Gasteiger partial charge in [-0.05, 0) is 27.7 Å². The molecule has 0 radical (unpaired) electrons. The Hall–Kier alpha value is -1.64. The molecule has 232 valence electrons. The maximum Gasteiger partial charge on any atom is 0.143 e. The summed E-state index contributed by atoms with van der Waals surface area (Å²) in [5.74, 6) is 1.06. The summed E-state index contributed by atoms with van der Waals surface area (Å²) in [5, 5.41) is 12.9. The number of piperazine rings is 4. The van der Waals surface area contributed by atoms with Crippen LogP contribution < -0.4 is 21.3 Å². The van der Waals surface area contributed by atoms with E-state index in [1.165, 1.54) is 0 Å². The molecule has 4 aliphatic heterocycles. The number of nitrogens with one attached hydrogen (secondary N) is 4. The Kier molecular flexibility index (Phi) is 20.9. The van der Waals surface area contributed by atoms with Crippen LogP contribution in [0.1, 0.15) is 27.7 Å². The lowest BCUT2D eigenvalue weighted by Gasteiger charge is -2.25. The summed E-state index contributed by atoms with van der Waals surface area (Å²) in [6.07, 6.45) is 0. The number of ketones is 4. The Labute approximate surface area is 241 Å².